The molecule has 1 radical (unpaired) electrons. The van der Waals surface area contributed by atoms with Crippen LogP contribution in [0.4, 0.5) is 4.79 Å². The molecule has 0 aliphatic carbocycles. The van der Waals surface area contributed by atoms with E-state index in [1.807, 2.05) is 78.9 Å². The number of aromatic hydroxyl groups is 1. The Morgan fingerprint density at radius 3 is 1.79 bits per heavy atom. The summed E-state index contributed by atoms with van der Waals surface area (Å²) in [4.78, 5) is 26.3. The van der Waals surface area contributed by atoms with Crippen LogP contribution in [-0.4, -0.2) is 32.3 Å². The summed E-state index contributed by atoms with van der Waals surface area (Å²) in [5, 5.41) is 39.7. The van der Waals surface area contributed by atoms with Gasteiger partial charge in [-0.2, -0.15) is 5.10 Å². The Balaban J connectivity index is 0.000000584. The second-order valence-corrected chi connectivity index (χ2v) is 7.47. The Morgan fingerprint density at radius 2 is 1.38 bits per heavy atom. The molecule has 0 saturated carbocycles. The van der Waals surface area contributed by atoms with Crippen LogP contribution in [0, 0.1) is 15.3 Å². The summed E-state index contributed by atoms with van der Waals surface area (Å²) in [6, 6.07) is 28.6. The second kappa shape index (κ2) is 18.3. The van der Waals surface area contributed by atoms with E-state index in [1.54, 1.807) is 17.3 Å². The van der Waals surface area contributed by atoms with Crippen LogP contribution in [0.5, 0.6) is 11.5 Å². The molecule has 0 saturated heterocycles. The molecule has 0 aliphatic rings. The number of hydrazone groups is 1. The summed E-state index contributed by atoms with van der Waals surface area (Å²) in [5.41, 5.74) is 4.74. The fourth-order valence-corrected chi connectivity index (χ4v) is 2.98. The molecule has 0 unspecified atom stereocenters. The van der Waals surface area contributed by atoms with E-state index < -0.39 is 5.09 Å². The van der Waals surface area contributed by atoms with Crippen molar-refractivity contribution in [3.8, 4) is 11.5 Å². The van der Waals surface area contributed by atoms with E-state index in [4.69, 9.17) is 15.3 Å². The van der Waals surface area contributed by atoms with Gasteiger partial charge in [0.1, 0.15) is 5.75 Å². The maximum atomic E-state index is 12.7. The zero-order valence-electron chi connectivity index (χ0n) is 20.5. The van der Waals surface area contributed by atoms with E-state index in [0.29, 0.717) is 13.1 Å². The van der Waals surface area contributed by atoms with Gasteiger partial charge in [0, 0.05) is 25.5 Å². The fourth-order valence-electron chi connectivity index (χ4n) is 2.98. The molecular formula is C27H25CuN5O6. The maximum absolute atomic E-state index is 12.7. The van der Waals surface area contributed by atoms with E-state index in [0.717, 1.165) is 17.2 Å². The van der Waals surface area contributed by atoms with E-state index in [2.05, 4.69) is 15.5 Å². The predicted molar refractivity (Wildman–Crippen MR) is 140 cm³/mol. The summed E-state index contributed by atoms with van der Waals surface area (Å²) in [7, 11) is 0. The van der Waals surface area contributed by atoms with E-state index >= 15 is 0 Å². The summed E-state index contributed by atoms with van der Waals surface area (Å²) < 4.78 is 0. The SMILES string of the molecule is O=C(N/N=C/c1ccc(O)cc1[O-])N(Cc1ccccc1)Cc1ccccc1.O=[N+]([O-])[O-].[Cu+2].c1ccncc1. The second-order valence-electron chi connectivity index (χ2n) is 7.47. The quantitative estimate of drug-likeness (QED) is 0.150. The molecule has 4 rings (SSSR count). The Kier molecular flexibility index (Phi) is 15.1. The zero-order valence-corrected chi connectivity index (χ0v) is 21.4. The van der Waals surface area contributed by atoms with Gasteiger partial charge in [0.25, 0.3) is 0 Å². The van der Waals surface area contributed by atoms with Gasteiger partial charge in [-0.3, -0.25) is 4.98 Å². The number of urea groups is 1. The first-order valence-electron chi connectivity index (χ1n) is 11.2. The summed E-state index contributed by atoms with van der Waals surface area (Å²) >= 11 is 0. The Bertz CT molecular complexity index is 1210. The number of aromatic nitrogens is 1. The van der Waals surface area contributed by atoms with Crippen molar-refractivity contribution >= 4 is 12.2 Å². The van der Waals surface area contributed by atoms with Crippen molar-refractivity contribution in [2.24, 2.45) is 5.10 Å². The molecule has 4 aromatic rings. The number of carbonyl (C=O) groups excluding carboxylic acids is 1. The van der Waals surface area contributed by atoms with Crippen LogP contribution in [0.25, 0.3) is 0 Å². The van der Waals surface area contributed by atoms with Gasteiger partial charge in [0.2, 0.25) is 0 Å². The molecule has 0 atom stereocenters. The van der Waals surface area contributed by atoms with E-state index in [9.17, 15) is 15.0 Å². The number of phenols is 1. The molecule has 0 spiro atoms. The first kappa shape index (κ1) is 32.1. The normalized spacial score (nSPS) is 9.54. The van der Waals surface area contributed by atoms with Gasteiger partial charge in [0.05, 0.1) is 11.3 Å². The number of phenolic OH excluding ortho intramolecular Hbond substituents is 1. The fraction of sp³-hybridized carbons (Fsp3) is 0.0741. The van der Waals surface area contributed by atoms with Crippen LogP contribution in [0.2, 0.25) is 0 Å². The van der Waals surface area contributed by atoms with Crippen LogP contribution in [-0.2, 0) is 30.2 Å². The van der Waals surface area contributed by atoms with Gasteiger partial charge in [-0.15, -0.1) is 0 Å². The van der Waals surface area contributed by atoms with Gasteiger partial charge >= 0.3 is 23.1 Å². The number of hydrogen-bond acceptors (Lipinski definition) is 8. The van der Waals surface area contributed by atoms with Crippen molar-refractivity contribution in [3.05, 3.63) is 141 Å². The van der Waals surface area contributed by atoms with Gasteiger partial charge in [0.15, 0.2) is 0 Å². The van der Waals surface area contributed by atoms with Gasteiger partial charge < -0.3 is 30.4 Å². The standard InChI is InChI=1S/C22H21N3O3.C5H5N.Cu.NO3/c26-20-12-11-19(21(27)13-20)14-23-24-22(28)25(15-17-7-3-1-4-8-17)16-18-9-5-2-6-10-18;1-2-4-6-5-3-1;;2-1(3)4/h1-14,26-27H,15-16H2,(H,24,28);1-5H;;/q;;+2;-1/p-1/b23-14+;;;. The smallest absolute Gasteiger partial charge is 0.872 e. The summed E-state index contributed by atoms with van der Waals surface area (Å²) in [5.74, 6) is -0.480. The molecule has 0 aliphatic heterocycles. The van der Waals surface area contributed by atoms with E-state index in [1.165, 1.54) is 18.3 Å². The largest absolute Gasteiger partial charge is 2.00 e. The molecule has 0 fully saturated rings. The molecule has 205 valence electrons. The minimum atomic E-state index is -1.75. The Labute approximate surface area is 235 Å². The average Bonchev–Trinajstić information content (AvgIpc) is 2.92. The number of carbonyl (C=O) groups is 1. The molecule has 2 N–H and O–H groups in total. The summed E-state index contributed by atoms with van der Waals surface area (Å²) in [6.07, 6.45) is 4.77. The molecule has 2 amide bonds. The third-order valence-corrected chi connectivity index (χ3v) is 4.65. The first-order valence-corrected chi connectivity index (χ1v) is 11.2. The minimum Gasteiger partial charge on any atom is -0.872 e. The predicted octanol–water partition coefficient (Wildman–Crippen LogP) is 4.05. The number of rotatable bonds is 6. The number of benzene rings is 3. The molecule has 3 aromatic carbocycles. The number of amides is 2. The summed E-state index contributed by atoms with van der Waals surface area (Å²) in [6.45, 7) is 0.839. The van der Waals surface area contributed by atoms with Crippen molar-refractivity contribution in [1.29, 1.82) is 0 Å². The monoisotopic (exact) mass is 578 g/mol. The Hall–Kier alpha value is -4.93. The third kappa shape index (κ3) is 13.8. The van der Waals surface area contributed by atoms with E-state index in [-0.39, 0.29) is 40.2 Å². The van der Waals surface area contributed by atoms with Crippen molar-refractivity contribution in [2.45, 2.75) is 13.1 Å². The molecule has 1 heterocycles. The van der Waals surface area contributed by atoms with Gasteiger partial charge in [-0.1, -0.05) is 78.5 Å². The van der Waals surface area contributed by atoms with Crippen molar-refractivity contribution < 1.29 is 37.2 Å². The molecule has 0 bridgehead atoms. The van der Waals surface area contributed by atoms with Crippen molar-refractivity contribution in [3.63, 3.8) is 0 Å². The number of nitrogens with zero attached hydrogens (tertiary/aromatic N) is 4. The first-order chi connectivity index (χ1) is 18.3. The molecule has 12 heteroatoms. The van der Waals surface area contributed by atoms with Crippen LogP contribution in [0.1, 0.15) is 16.7 Å². The third-order valence-electron chi connectivity index (χ3n) is 4.65. The van der Waals surface area contributed by atoms with Crippen LogP contribution in [0.15, 0.2) is 115 Å². The zero-order chi connectivity index (χ0) is 27.6. The van der Waals surface area contributed by atoms with Crippen molar-refractivity contribution in [1.82, 2.24) is 15.3 Å². The van der Waals surface area contributed by atoms with Crippen molar-refractivity contribution in [2.75, 3.05) is 0 Å². The topological polar surface area (TPSA) is 167 Å². The molecular weight excluding hydrogens is 554 g/mol. The molecule has 11 nitrogen and oxygen atoms in total. The number of nitrogens with one attached hydrogen (secondary N) is 1. The van der Waals surface area contributed by atoms with Gasteiger partial charge in [-0.25, -0.2) is 10.2 Å². The number of pyridine rings is 1. The van der Waals surface area contributed by atoms with Crippen LogP contribution >= 0.6 is 0 Å². The number of hydrogen-bond donors (Lipinski definition) is 2. The molecule has 1 aromatic heterocycles. The van der Waals surface area contributed by atoms with Crippen LogP contribution < -0.4 is 10.5 Å². The average molecular weight is 579 g/mol. The maximum Gasteiger partial charge on any atom is 2.00 e. The minimum absolute atomic E-state index is 0. The van der Waals surface area contributed by atoms with Gasteiger partial charge in [-0.05, 0) is 41.0 Å². The Morgan fingerprint density at radius 1 is 0.897 bits per heavy atom. The van der Waals surface area contributed by atoms with Crippen LogP contribution in [0.3, 0.4) is 0 Å². The molecule has 39 heavy (non-hydrogen) atoms.